The zero-order valence-electron chi connectivity index (χ0n) is 9.55. The summed E-state index contributed by atoms with van der Waals surface area (Å²) >= 11 is 0. The van der Waals surface area contributed by atoms with Crippen LogP contribution in [0.3, 0.4) is 0 Å². The van der Waals surface area contributed by atoms with E-state index >= 15 is 0 Å². The Balaban J connectivity index is 2.23. The Morgan fingerprint density at radius 1 is 1.29 bits per heavy atom. The van der Waals surface area contributed by atoms with Gasteiger partial charge < -0.3 is 15.3 Å². The van der Waals surface area contributed by atoms with E-state index in [0.29, 0.717) is 0 Å². The fourth-order valence-corrected chi connectivity index (χ4v) is 1.87. The summed E-state index contributed by atoms with van der Waals surface area (Å²) in [4.78, 5) is 2.51. The average molecular weight is 200 g/mol. The second kappa shape index (κ2) is 5.69. The highest BCUT2D eigenvalue weighted by Gasteiger charge is 2.22. The first kappa shape index (κ1) is 12.0. The number of likely N-dealkylation sites (tertiary alicyclic amines) is 1. The monoisotopic (exact) mass is 200 g/mol. The maximum atomic E-state index is 9.23. The summed E-state index contributed by atoms with van der Waals surface area (Å²) in [6.07, 6.45) is 5.10. The summed E-state index contributed by atoms with van der Waals surface area (Å²) < 4.78 is 0. The Bertz CT molecular complexity index is 151. The first-order valence-corrected chi connectivity index (χ1v) is 5.72. The van der Waals surface area contributed by atoms with Crippen molar-refractivity contribution in [3.63, 3.8) is 0 Å². The molecule has 0 aliphatic carbocycles. The van der Waals surface area contributed by atoms with Crippen LogP contribution in [0.25, 0.3) is 0 Å². The number of nitrogens with one attached hydrogen (secondary N) is 1. The van der Waals surface area contributed by atoms with Crippen molar-refractivity contribution in [2.75, 3.05) is 33.3 Å². The molecule has 1 saturated heterocycles. The van der Waals surface area contributed by atoms with E-state index in [4.69, 9.17) is 0 Å². The van der Waals surface area contributed by atoms with Gasteiger partial charge in [0.15, 0.2) is 0 Å². The molecule has 0 amide bonds. The number of aliphatic hydroxyl groups is 1. The van der Waals surface area contributed by atoms with E-state index in [1.807, 2.05) is 7.05 Å². The smallest absolute Gasteiger partial charge is 0.0610 e. The van der Waals surface area contributed by atoms with Gasteiger partial charge in [0, 0.05) is 5.54 Å². The SMILES string of the molecule is CNC(C)(CO)CCN1CCCCC1. The number of hydrogen-bond donors (Lipinski definition) is 2. The van der Waals surface area contributed by atoms with Crippen LogP contribution in [0.15, 0.2) is 0 Å². The van der Waals surface area contributed by atoms with E-state index in [1.54, 1.807) is 0 Å². The molecule has 1 heterocycles. The zero-order chi connectivity index (χ0) is 10.4. The van der Waals surface area contributed by atoms with Crippen LogP contribution in [0.5, 0.6) is 0 Å². The second-order valence-electron chi connectivity index (χ2n) is 4.62. The third kappa shape index (κ3) is 3.56. The summed E-state index contributed by atoms with van der Waals surface area (Å²) in [6.45, 7) is 5.89. The highest BCUT2D eigenvalue weighted by Crippen LogP contribution is 2.13. The Morgan fingerprint density at radius 2 is 1.93 bits per heavy atom. The quantitative estimate of drug-likeness (QED) is 0.690. The Labute approximate surface area is 87.5 Å². The first-order chi connectivity index (χ1) is 6.70. The van der Waals surface area contributed by atoms with Gasteiger partial charge in [-0.15, -0.1) is 0 Å². The minimum Gasteiger partial charge on any atom is -0.394 e. The van der Waals surface area contributed by atoms with Gasteiger partial charge in [-0.2, -0.15) is 0 Å². The average Bonchev–Trinajstić information content (AvgIpc) is 2.27. The molecule has 0 aromatic heterocycles. The van der Waals surface area contributed by atoms with E-state index in [0.717, 1.165) is 13.0 Å². The highest BCUT2D eigenvalue weighted by atomic mass is 16.3. The standard InChI is InChI=1S/C11H24N2O/c1-11(10-14,12-2)6-9-13-7-4-3-5-8-13/h12,14H,3-10H2,1-2H3. The van der Waals surface area contributed by atoms with E-state index in [2.05, 4.69) is 17.1 Å². The van der Waals surface area contributed by atoms with Crippen molar-refractivity contribution in [2.45, 2.75) is 38.1 Å². The minimum atomic E-state index is -0.0998. The van der Waals surface area contributed by atoms with Crippen molar-refractivity contribution in [3.8, 4) is 0 Å². The fraction of sp³-hybridized carbons (Fsp3) is 1.00. The van der Waals surface area contributed by atoms with Crippen molar-refractivity contribution >= 4 is 0 Å². The van der Waals surface area contributed by atoms with Crippen molar-refractivity contribution in [1.82, 2.24) is 10.2 Å². The summed E-state index contributed by atoms with van der Waals surface area (Å²) in [5.74, 6) is 0. The lowest BCUT2D eigenvalue weighted by atomic mass is 9.98. The second-order valence-corrected chi connectivity index (χ2v) is 4.62. The molecule has 1 aliphatic heterocycles. The lowest BCUT2D eigenvalue weighted by Crippen LogP contribution is -2.46. The highest BCUT2D eigenvalue weighted by molar-refractivity contribution is 4.82. The van der Waals surface area contributed by atoms with Gasteiger partial charge in [0.05, 0.1) is 6.61 Å². The Kier molecular flexibility index (Phi) is 4.85. The van der Waals surface area contributed by atoms with Crippen LogP contribution < -0.4 is 5.32 Å². The molecule has 1 unspecified atom stereocenters. The molecule has 14 heavy (non-hydrogen) atoms. The van der Waals surface area contributed by atoms with Crippen molar-refractivity contribution in [2.24, 2.45) is 0 Å². The number of aliphatic hydroxyl groups excluding tert-OH is 1. The number of hydrogen-bond acceptors (Lipinski definition) is 3. The van der Waals surface area contributed by atoms with Gasteiger partial charge >= 0.3 is 0 Å². The molecule has 1 rings (SSSR count). The largest absolute Gasteiger partial charge is 0.394 e. The normalized spacial score (nSPS) is 23.4. The maximum absolute atomic E-state index is 9.23. The van der Waals surface area contributed by atoms with E-state index in [1.165, 1.54) is 32.4 Å². The summed E-state index contributed by atoms with van der Waals surface area (Å²) in [5.41, 5.74) is -0.0998. The molecule has 1 aliphatic rings. The summed E-state index contributed by atoms with van der Waals surface area (Å²) in [5, 5.41) is 12.4. The molecule has 1 atom stereocenters. The third-order valence-electron chi connectivity index (χ3n) is 3.38. The lowest BCUT2D eigenvalue weighted by molar-refractivity contribution is 0.144. The minimum absolute atomic E-state index is 0.0998. The van der Waals surface area contributed by atoms with Crippen molar-refractivity contribution in [1.29, 1.82) is 0 Å². The molecule has 3 heteroatoms. The molecule has 2 N–H and O–H groups in total. The number of likely N-dealkylation sites (N-methyl/N-ethyl adjacent to an activating group) is 1. The number of rotatable bonds is 5. The van der Waals surface area contributed by atoms with Gasteiger partial charge in [-0.1, -0.05) is 6.42 Å². The van der Waals surface area contributed by atoms with E-state index < -0.39 is 0 Å². The Hall–Kier alpha value is -0.120. The number of piperidine rings is 1. The number of nitrogens with zero attached hydrogens (tertiary/aromatic N) is 1. The molecular formula is C11H24N2O. The van der Waals surface area contributed by atoms with E-state index in [9.17, 15) is 5.11 Å². The molecule has 1 fully saturated rings. The van der Waals surface area contributed by atoms with Gasteiger partial charge in [0.1, 0.15) is 0 Å². The van der Waals surface area contributed by atoms with Crippen LogP contribution in [-0.4, -0.2) is 48.8 Å². The van der Waals surface area contributed by atoms with Gasteiger partial charge in [0.25, 0.3) is 0 Å². The van der Waals surface area contributed by atoms with E-state index in [-0.39, 0.29) is 12.1 Å². The topological polar surface area (TPSA) is 35.5 Å². The molecule has 0 saturated carbocycles. The van der Waals surface area contributed by atoms with Crippen LogP contribution in [0.2, 0.25) is 0 Å². The van der Waals surface area contributed by atoms with Crippen LogP contribution in [0, 0.1) is 0 Å². The Morgan fingerprint density at radius 3 is 2.43 bits per heavy atom. The first-order valence-electron chi connectivity index (χ1n) is 5.72. The van der Waals surface area contributed by atoms with Crippen LogP contribution >= 0.6 is 0 Å². The molecule has 0 spiro atoms. The fourth-order valence-electron chi connectivity index (χ4n) is 1.87. The third-order valence-corrected chi connectivity index (χ3v) is 3.38. The molecule has 0 aromatic carbocycles. The maximum Gasteiger partial charge on any atom is 0.0610 e. The van der Waals surface area contributed by atoms with Crippen LogP contribution in [-0.2, 0) is 0 Å². The molecule has 0 radical (unpaired) electrons. The van der Waals surface area contributed by atoms with Crippen molar-refractivity contribution < 1.29 is 5.11 Å². The van der Waals surface area contributed by atoms with Gasteiger partial charge in [-0.25, -0.2) is 0 Å². The van der Waals surface area contributed by atoms with Crippen LogP contribution in [0.4, 0.5) is 0 Å². The van der Waals surface area contributed by atoms with Gasteiger partial charge in [0.2, 0.25) is 0 Å². The molecule has 0 aromatic rings. The molecular weight excluding hydrogens is 176 g/mol. The predicted octanol–water partition coefficient (Wildman–Crippen LogP) is 0.833. The van der Waals surface area contributed by atoms with Crippen molar-refractivity contribution in [3.05, 3.63) is 0 Å². The van der Waals surface area contributed by atoms with Gasteiger partial charge in [-0.05, 0) is 52.9 Å². The zero-order valence-corrected chi connectivity index (χ0v) is 9.55. The van der Waals surface area contributed by atoms with Gasteiger partial charge in [-0.3, -0.25) is 0 Å². The lowest BCUT2D eigenvalue weighted by Gasteiger charge is -2.32. The predicted molar refractivity (Wildman–Crippen MR) is 59.5 cm³/mol. The summed E-state index contributed by atoms with van der Waals surface area (Å²) in [7, 11) is 1.92. The summed E-state index contributed by atoms with van der Waals surface area (Å²) in [6, 6.07) is 0. The molecule has 0 bridgehead atoms. The molecule has 3 nitrogen and oxygen atoms in total. The molecule has 84 valence electrons. The van der Waals surface area contributed by atoms with Crippen LogP contribution in [0.1, 0.15) is 32.6 Å².